The molecule has 0 aliphatic carbocycles. The Balaban J connectivity index is 2.26. The van der Waals surface area contributed by atoms with Crippen LogP contribution in [0.4, 0.5) is 0 Å². The third-order valence-electron chi connectivity index (χ3n) is 3.30. The Labute approximate surface area is 142 Å². The molecule has 1 amide bonds. The first kappa shape index (κ1) is 16.3. The van der Waals surface area contributed by atoms with Crippen LogP contribution in [0.5, 0.6) is 0 Å². The molecule has 2 N–H and O–H groups in total. The van der Waals surface area contributed by atoms with Crippen molar-refractivity contribution in [3.8, 4) is 0 Å². The first-order valence-corrected chi connectivity index (χ1v) is 7.86. The molecule has 21 heavy (non-hydrogen) atoms. The fourth-order valence-corrected chi connectivity index (χ4v) is 2.49. The molecule has 2 rings (SSSR count). The van der Waals surface area contributed by atoms with Gasteiger partial charge in [-0.1, -0.05) is 41.9 Å². The number of nitrogens with one attached hydrogen (secondary N) is 1. The lowest BCUT2D eigenvalue weighted by Gasteiger charge is -2.29. The zero-order valence-electron chi connectivity index (χ0n) is 11.4. The normalized spacial score (nSPS) is 13.5. The average molecular weight is 416 g/mol. The number of rotatable bonds is 4. The highest BCUT2D eigenvalue weighted by Gasteiger charge is 2.28. The highest BCUT2D eigenvalue weighted by Crippen LogP contribution is 2.23. The quantitative estimate of drug-likeness (QED) is 0.750. The number of amides is 1. The van der Waals surface area contributed by atoms with Gasteiger partial charge in [0, 0.05) is 9.13 Å². The Bertz CT molecular complexity index is 648. The average Bonchev–Trinajstić information content (AvgIpc) is 2.50. The van der Waals surface area contributed by atoms with Gasteiger partial charge in [-0.05, 0) is 53.3 Å². The predicted octanol–water partition coefficient (Wildman–Crippen LogP) is 3.58. The topological polar surface area (TPSA) is 49.3 Å². The van der Waals surface area contributed by atoms with E-state index in [-0.39, 0.29) is 12.5 Å². The number of hydrogen-bond acceptors (Lipinski definition) is 2. The molecule has 0 fully saturated rings. The summed E-state index contributed by atoms with van der Waals surface area (Å²) in [7, 11) is 0. The molecule has 0 saturated heterocycles. The highest BCUT2D eigenvalue weighted by atomic mass is 127. The van der Waals surface area contributed by atoms with Crippen molar-refractivity contribution in [3.63, 3.8) is 0 Å². The number of carbonyl (C=O) groups excluding carboxylic acids is 1. The summed E-state index contributed by atoms with van der Waals surface area (Å²) in [5.41, 5.74) is 0.474. The van der Waals surface area contributed by atoms with E-state index < -0.39 is 5.54 Å². The molecule has 0 saturated carbocycles. The summed E-state index contributed by atoms with van der Waals surface area (Å²) in [5.74, 6) is -0.270. The molecule has 0 spiro atoms. The van der Waals surface area contributed by atoms with Crippen LogP contribution in [0.3, 0.4) is 0 Å². The summed E-state index contributed by atoms with van der Waals surface area (Å²) in [6, 6.07) is 14.5. The van der Waals surface area contributed by atoms with Crippen molar-refractivity contribution in [2.75, 3.05) is 6.61 Å². The van der Waals surface area contributed by atoms with Gasteiger partial charge < -0.3 is 10.4 Å². The molecule has 2 aromatic rings. The maximum absolute atomic E-state index is 12.4. The summed E-state index contributed by atoms with van der Waals surface area (Å²) >= 11 is 8.15. The molecule has 0 aliphatic heterocycles. The Morgan fingerprint density at radius 3 is 2.52 bits per heavy atom. The van der Waals surface area contributed by atoms with Crippen LogP contribution >= 0.6 is 34.2 Å². The van der Waals surface area contributed by atoms with Gasteiger partial charge in [-0.15, -0.1) is 0 Å². The van der Waals surface area contributed by atoms with Crippen LogP contribution in [0.15, 0.2) is 48.5 Å². The van der Waals surface area contributed by atoms with Gasteiger partial charge in [0.15, 0.2) is 0 Å². The second-order valence-electron chi connectivity index (χ2n) is 4.94. The van der Waals surface area contributed by atoms with Crippen LogP contribution in [-0.2, 0) is 5.54 Å². The molecule has 5 heteroatoms. The lowest BCUT2D eigenvalue weighted by Crippen LogP contribution is -2.46. The second kappa shape index (κ2) is 6.77. The van der Waals surface area contributed by atoms with Crippen molar-refractivity contribution in [1.82, 2.24) is 5.32 Å². The second-order valence-corrected chi connectivity index (χ2v) is 6.51. The summed E-state index contributed by atoms with van der Waals surface area (Å²) in [5, 5.41) is 13.1. The van der Waals surface area contributed by atoms with Gasteiger partial charge in [0.05, 0.1) is 17.2 Å². The zero-order valence-corrected chi connectivity index (χ0v) is 14.4. The molecule has 0 bridgehead atoms. The number of carbonyl (C=O) groups is 1. The number of hydrogen-bond donors (Lipinski definition) is 2. The van der Waals surface area contributed by atoms with Gasteiger partial charge >= 0.3 is 0 Å². The van der Waals surface area contributed by atoms with Crippen LogP contribution in [0.1, 0.15) is 22.8 Å². The third kappa shape index (κ3) is 3.75. The Hall–Kier alpha value is -1.11. The number of halogens is 2. The fourth-order valence-electron chi connectivity index (χ4n) is 1.97. The molecule has 3 nitrogen and oxygen atoms in total. The largest absolute Gasteiger partial charge is 0.394 e. The molecule has 0 radical (unpaired) electrons. The SMILES string of the molecule is CC(CO)(NC(=O)c1ccc(I)c(Cl)c1)c1ccccc1. The monoisotopic (exact) mass is 415 g/mol. The van der Waals surface area contributed by atoms with E-state index in [0.717, 1.165) is 9.13 Å². The molecular weight excluding hydrogens is 401 g/mol. The van der Waals surface area contributed by atoms with E-state index in [1.54, 1.807) is 25.1 Å². The van der Waals surface area contributed by atoms with E-state index in [1.165, 1.54) is 0 Å². The van der Waals surface area contributed by atoms with Crippen LogP contribution < -0.4 is 5.32 Å². The van der Waals surface area contributed by atoms with Crippen LogP contribution in [0.2, 0.25) is 5.02 Å². The summed E-state index contributed by atoms with van der Waals surface area (Å²) in [6.45, 7) is 1.59. The minimum Gasteiger partial charge on any atom is -0.394 e. The van der Waals surface area contributed by atoms with Crippen molar-refractivity contribution >= 4 is 40.1 Å². The summed E-state index contributed by atoms with van der Waals surface area (Å²) in [4.78, 5) is 12.4. The highest BCUT2D eigenvalue weighted by molar-refractivity contribution is 14.1. The Morgan fingerprint density at radius 2 is 1.95 bits per heavy atom. The van der Waals surface area contributed by atoms with Gasteiger partial charge in [0.2, 0.25) is 0 Å². The maximum atomic E-state index is 12.4. The molecule has 1 unspecified atom stereocenters. The van der Waals surface area contributed by atoms with E-state index >= 15 is 0 Å². The van der Waals surface area contributed by atoms with Gasteiger partial charge in [-0.2, -0.15) is 0 Å². The van der Waals surface area contributed by atoms with Crippen molar-refractivity contribution in [2.45, 2.75) is 12.5 Å². The van der Waals surface area contributed by atoms with Crippen molar-refractivity contribution < 1.29 is 9.90 Å². The van der Waals surface area contributed by atoms with Crippen LogP contribution in [0, 0.1) is 3.57 Å². The fraction of sp³-hybridized carbons (Fsp3) is 0.188. The Kier molecular flexibility index (Phi) is 5.24. The van der Waals surface area contributed by atoms with Crippen LogP contribution in [-0.4, -0.2) is 17.6 Å². The van der Waals surface area contributed by atoms with Gasteiger partial charge in [-0.25, -0.2) is 0 Å². The molecule has 1 atom stereocenters. The summed E-state index contributed by atoms with van der Waals surface area (Å²) in [6.07, 6.45) is 0. The van der Waals surface area contributed by atoms with Crippen LogP contribution in [0.25, 0.3) is 0 Å². The van der Waals surface area contributed by atoms with Crippen molar-refractivity contribution in [3.05, 3.63) is 68.3 Å². The standard InChI is InChI=1S/C16H15ClINO2/c1-16(10-20,12-5-3-2-4-6-12)19-15(21)11-7-8-14(18)13(17)9-11/h2-9,20H,10H2,1H3,(H,19,21). The van der Waals surface area contributed by atoms with E-state index in [1.807, 2.05) is 30.3 Å². The minimum atomic E-state index is -0.839. The lowest BCUT2D eigenvalue weighted by atomic mass is 9.92. The lowest BCUT2D eigenvalue weighted by molar-refractivity contribution is 0.0849. The number of aliphatic hydroxyl groups is 1. The molecular formula is C16H15ClINO2. The van der Waals surface area contributed by atoms with Gasteiger partial charge in [-0.3, -0.25) is 4.79 Å². The van der Waals surface area contributed by atoms with Crippen molar-refractivity contribution in [2.24, 2.45) is 0 Å². The zero-order chi connectivity index (χ0) is 15.5. The maximum Gasteiger partial charge on any atom is 0.252 e. The van der Waals surface area contributed by atoms with Gasteiger partial charge in [0.1, 0.15) is 0 Å². The van der Waals surface area contributed by atoms with E-state index in [4.69, 9.17) is 11.6 Å². The predicted molar refractivity (Wildman–Crippen MR) is 92.5 cm³/mol. The molecule has 0 aliphatic rings. The van der Waals surface area contributed by atoms with E-state index in [9.17, 15) is 9.90 Å². The minimum absolute atomic E-state index is 0.194. The van der Waals surface area contributed by atoms with E-state index in [0.29, 0.717) is 10.6 Å². The smallest absolute Gasteiger partial charge is 0.252 e. The van der Waals surface area contributed by atoms with Crippen molar-refractivity contribution in [1.29, 1.82) is 0 Å². The van der Waals surface area contributed by atoms with Gasteiger partial charge in [0.25, 0.3) is 5.91 Å². The molecule has 2 aromatic carbocycles. The number of benzene rings is 2. The Morgan fingerprint density at radius 1 is 1.29 bits per heavy atom. The third-order valence-corrected chi connectivity index (χ3v) is 4.87. The molecule has 110 valence electrons. The molecule has 0 heterocycles. The first-order valence-electron chi connectivity index (χ1n) is 6.40. The number of aliphatic hydroxyl groups excluding tert-OH is 1. The van der Waals surface area contributed by atoms with E-state index in [2.05, 4.69) is 27.9 Å². The first-order chi connectivity index (χ1) is 9.96. The summed E-state index contributed by atoms with van der Waals surface area (Å²) < 4.78 is 0.888. The molecule has 0 aromatic heterocycles.